The molecule has 5 heteroatoms. The Hall–Kier alpha value is -1.46. The predicted octanol–water partition coefficient (Wildman–Crippen LogP) is 3.37. The van der Waals surface area contributed by atoms with Crippen molar-refractivity contribution in [3.05, 3.63) is 34.6 Å². The van der Waals surface area contributed by atoms with E-state index in [1.165, 1.54) is 37.8 Å². The van der Waals surface area contributed by atoms with Gasteiger partial charge in [-0.05, 0) is 55.4 Å². The number of carbonyl (C=O) groups is 1. The average Bonchev–Trinajstić information content (AvgIpc) is 3.17. The van der Waals surface area contributed by atoms with E-state index in [1.54, 1.807) is 0 Å². The van der Waals surface area contributed by atoms with Crippen LogP contribution < -0.4 is 0 Å². The second kappa shape index (κ2) is 6.12. The van der Waals surface area contributed by atoms with Gasteiger partial charge in [0.2, 0.25) is 0 Å². The van der Waals surface area contributed by atoms with Gasteiger partial charge in [-0.1, -0.05) is 12.8 Å². The largest absolute Gasteiger partial charge is 0.478 e. The van der Waals surface area contributed by atoms with Gasteiger partial charge in [-0.3, -0.25) is 4.90 Å². The summed E-state index contributed by atoms with van der Waals surface area (Å²) >= 11 is 0. The average molecular weight is 333 g/mol. The van der Waals surface area contributed by atoms with Gasteiger partial charge in [-0.2, -0.15) is 0 Å². The molecule has 0 bridgehead atoms. The fraction of sp³-hybridized carbons (Fsp3) is 0.632. The third kappa shape index (κ3) is 2.84. The van der Waals surface area contributed by atoms with Crippen LogP contribution in [0.5, 0.6) is 0 Å². The zero-order valence-electron chi connectivity index (χ0n) is 13.9. The minimum Gasteiger partial charge on any atom is -0.478 e. The summed E-state index contributed by atoms with van der Waals surface area (Å²) in [6, 6.07) is 2.67. The van der Waals surface area contributed by atoms with Crippen LogP contribution in [0, 0.1) is 5.82 Å². The molecule has 2 heterocycles. The second-order valence-corrected chi connectivity index (χ2v) is 7.51. The van der Waals surface area contributed by atoms with Crippen molar-refractivity contribution in [1.29, 1.82) is 0 Å². The smallest absolute Gasteiger partial charge is 0.336 e. The minimum atomic E-state index is -0.977. The highest BCUT2D eigenvalue weighted by molar-refractivity contribution is 5.89. The fourth-order valence-corrected chi connectivity index (χ4v) is 4.74. The molecule has 1 aliphatic carbocycles. The molecule has 1 saturated heterocycles. The molecular weight excluding hydrogens is 309 g/mol. The molecule has 130 valence electrons. The van der Waals surface area contributed by atoms with Gasteiger partial charge in [0.05, 0.1) is 17.3 Å². The summed E-state index contributed by atoms with van der Waals surface area (Å²) in [6.07, 6.45) is 7.93. The highest BCUT2D eigenvalue weighted by atomic mass is 19.1. The van der Waals surface area contributed by atoms with Crippen molar-refractivity contribution in [3.8, 4) is 0 Å². The molecule has 3 aliphatic rings. The van der Waals surface area contributed by atoms with E-state index in [9.17, 15) is 14.3 Å². The quantitative estimate of drug-likeness (QED) is 0.921. The summed E-state index contributed by atoms with van der Waals surface area (Å²) < 4.78 is 20.4. The molecule has 4 nitrogen and oxygen atoms in total. The molecule has 0 amide bonds. The Labute approximate surface area is 141 Å². The normalized spacial score (nSPS) is 26.0. The van der Waals surface area contributed by atoms with Crippen molar-refractivity contribution < 1.29 is 19.0 Å². The minimum absolute atomic E-state index is 0.122. The van der Waals surface area contributed by atoms with Crippen molar-refractivity contribution in [2.75, 3.05) is 13.1 Å². The lowest BCUT2D eigenvalue weighted by atomic mass is 9.94. The van der Waals surface area contributed by atoms with Crippen LogP contribution in [0.2, 0.25) is 0 Å². The number of carboxylic acids is 1. The molecular formula is C19H24FNO3. The second-order valence-electron chi connectivity index (χ2n) is 7.51. The third-order valence-electron chi connectivity index (χ3n) is 5.98. The van der Waals surface area contributed by atoms with Gasteiger partial charge in [0.25, 0.3) is 0 Å². The zero-order valence-corrected chi connectivity index (χ0v) is 13.9. The van der Waals surface area contributed by atoms with Crippen molar-refractivity contribution in [2.45, 2.75) is 63.2 Å². The summed E-state index contributed by atoms with van der Waals surface area (Å²) in [6.45, 7) is 2.08. The Bertz CT molecular complexity index is 654. The number of aromatic carboxylic acids is 1. The van der Waals surface area contributed by atoms with Crippen LogP contribution in [-0.2, 0) is 17.7 Å². The van der Waals surface area contributed by atoms with Crippen LogP contribution in [0.3, 0.4) is 0 Å². The zero-order chi connectivity index (χ0) is 16.7. The van der Waals surface area contributed by atoms with E-state index >= 15 is 0 Å². The standard InChI is InChI=1S/C19H24FNO3/c20-17-4-3-15(18(22)23)16-12-21(10-6-14(16)17)11-13-5-9-19(24-13)7-1-2-8-19/h3-4,13H,1-2,5-12H2,(H,22,23). The van der Waals surface area contributed by atoms with Gasteiger partial charge in [0.1, 0.15) is 5.82 Å². The van der Waals surface area contributed by atoms with Crippen molar-refractivity contribution >= 4 is 5.97 Å². The Morgan fingerprint density at radius 3 is 2.83 bits per heavy atom. The van der Waals surface area contributed by atoms with Crippen molar-refractivity contribution in [2.24, 2.45) is 0 Å². The maximum atomic E-state index is 14.0. The number of hydrogen-bond acceptors (Lipinski definition) is 3. The highest BCUT2D eigenvalue weighted by Gasteiger charge is 2.42. The lowest BCUT2D eigenvalue weighted by Gasteiger charge is -2.32. The molecule has 1 aromatic carbocycles. The molecule has 1 aromatic rings. The van der Waals surface area contributed by atoms with Crippen LogP contribution >= 0.6 is 0 Å². The van der Waals surface area contributed by atoms with E-state index in [-0.39, 0.29) is 23.1 Å². The molecule has 1 saturated carbocycles. The van der Waals surface area contributed by atoms with E-state index in [1.807, 2.05) is 0 Å². The molecule has 1 N–H and O–H groups in total. The van der Waals surface area contributed by atoms with Crippen LogP contribution in [0.4, 0.5) is 4.39 Å². The lowest BCUT2D eigenvalue weighted by Crippen LogP contribution is -2.38. The van der Waals surface area contributed by atoms with E-state index in [2.05, 4.69) is 4.90 Å². The Kier molecular flexibility index (Phi) is 4.09. The predicted molar refractivity (Wildman–Crippen MR) is 87.6 cm³/mol. The first-order chi connectivity index (χ1) is 11.6. The monoisotopic (exact) mass is 333 g/mol. The van der Waals surface area contributed by atoms with Gasteiger partial charge in [0.15, 0.2) is 0 Å². The lowest BCUT2D eigenvalue weighted by molar-refractivity contribution is -0.0485. The van der Waals surface area contributed by atoms with Crippen molar-refractivity contribution in [3.63, 3.8) is 0 Å². The highest BCUT2D eigenvalue weighted by Crippen LogP contribution is 2.43. The number of nitrogens with zero attached hydrogens (tertiary/aromatic N) is 1. The molecule has 4 rings (SSSR count). The Balaban J connectivity index is 1.47. The molecule has 2 fully saturated rings. The fourth-order valence-electron chi connectivity index (χ4n) is 4.74. The summed E-state index contributed by atoms with van der Waals surface area (Å²) in [4.78, 5) is 13.7. The summed E-state index contributed by atoms with van der Waals surface area (Å²) in [5, 5.41) is 9.38. The van der Waals surface area contributed by atoms with E-state index < -0.39 is 5.97 Å². The molecule has 1 atom stereocenters. The SMILES string of the molecule is O=C(O)c1ccc(F)c2c1CN(CC1CCC3(CCCC3)O1)CC2. The third-order valence-corrected chi connectivity index (χ3v) is 5.98. The summed E-state index contributed by atoms with van der Waals surface area (Å²) in [5.74, 6) is -1.26. The van der Waals surface area contributed by atoms with Crippen LogP contribution in [-0.4, -0.2) is 40.8 Å². The van der Waals surface area contributed by atoms with E-state index in [0.29, 0.717) is 24.1 Å². The van der Waals surface area contributed by atoms with E-state index in [4.69, 9.17) is 4.74 Å². The van der Waals surface area contributed by atoms with Gasteiger partial charge < -0.3 is 9.84 Å². The van der Waals surface area contributed by atoms with Crippen molar-refractivity contribution in [1.82, 2.24) is 4.90 Å². The molecule has 0 radical (unpaired) electrons. The molecule has 24 heavy (non-hydrogen) atoms. The number of ether oxygens (including phenoxy) is 1. The first-order valence-corrected chi connectivity index (χ1v) is 9.00. The number of fused-ring (bicyclic) bond motifs is 1. The number of halogens is 1. The first-order valence-electron chi connectivity index (χ1n) is 9.00. The van der Waals surface area contributed by atoms with Gasteiger partial charge in [-0.15, -0.1) is 0 Å². The molecule has 0 aromatic heterocycles. The van der Waals surface area contributed by atoms with E-state index in [0.717, 1.165) is 25.9 Å². The Morgan fingerprint density at radius 1 is 1.29 bits per heavy atom. The van der Waals surface area contributed by atoms with Crippen LogP contribution in [0.25, 0.3) is 0 Å². The molecule has 1 spiro atoms. The maximum Gasteiger partial charge on any atom is 0.336 e. The Morgan fingerprint density at radius 2 is 2.08 bits per heavy atom. The topological polar surface area (TPSA) is 49.8 Å². The first kappa shape index (κ1) is 16.0. The number of carboxylic acid groups (broad SMARTS) is 1. The maximum absolute atomic E-state index is 14.0. The molecule has 2 aliphatic heterocycles. The summed E-state index contributed by atoms with van der Waals surface area (Å²) in [5.41, 5.74) is 1.57. The summed E-state index contributed by atoms with van der Waals surface area (Å²) in [7, 11) is 0. The van der Waals surface area contributed by atoms with Crippen LogP contribution in [0.1, 0.15) is 60.0 Å². The number of hydrogen-bond donors (Lipinski definition) is 1. The van der Waals surface area contributed by atoms with Crippen LogP contribution in [0.15, 0.2) is 12.1 Å². The van der Waals surface area contributed by atoms with Gasteiger partial charge in [0, 0.05) is 19.6 Å². The number of rotatable bonds is 3. The molecule has 1 unspecified atom stereocenters. The number of benzene rings is 1. The van der Waals surface area contributed by atoms with Gasteiger partial charge >= 0.3 is 5.97 Å². The van der Waals surface area contributed by atoms with Gasteiger partial charge in [-0.25, -0.2) is 9.18 Å².